The highest BCUT2D eigenvalue weighted by Crippen LogP contribution is 2.19. The molecule has 5 nitrogen and oxygen atoms in total. The van der Waals surface area contributed by atoms with Gasteiger partial charge in [-0.1, -0.05) is 73.5 Å². The van der Waals surface area contributed by atoms with Crippen molar-refractivity contribution >= 4 is 23.8 Å². The molecule has 0 bridgehead atoms. The molecule has 2 aromatic carbocycles. The van der Waals surface area contributed by atoms with Gasteiger partial charge < -0.3 is 9.30 Å². The normalized spacial score (nSPS) is 12.2. The van der Waals surface area contributed by atoms with Crippen LogP contribution in [-0.4, -0.2) is 34.9 Å². The van der Waals surface area contributed by atoms with E-state index in [4.69, 9.17) is 16.3 Å². The number of ether oxygens (including phenoxy) is 1. The van der Waals surface area contributed by atoms with E-state index < -0.39 is 6.04 Å². The van der Waals surface area contributed by atoms with Crippen LogP contribution in [0.3, 0.4) is 0 Å². The minimum atomic E-state index is -0.616. The molecule has 1 aromatic heterocycles. The Hall–Kier alpha value is -2.92. The van der Waals surface area contributed by atoms with Gasteiger partial charge in [-0.25, -0.2) is 9.78 Å². The van der Waals surface area contributed by atoms with E-state index in [1.165, 1.54) is 7.11 Å². The second kappa shape index (κ2) is 11.5. The van der Waals surface area contributed by atoms with Crippen molar-refractivity contribution in [2.45, 2.75) is 45.2 Å². The summed E-state index contributed by atoms with van der Waals surface area (Å²) >= 11 is 6.40. The molecule has 3 aromatic rings. The van der Waals surface area contributed by atoms with Crippen LogP contribution in [0, 0.1) is 0 Å². The third-order valence-electron chi connectivity index (χ3n) is 5.14. The molecule has 0 N–H and O–H groups in total. The second-order valence-corrected chi connectivity index (χ2v) is 7.79. The van der Waals surface area contributed by atoms with Crippen molar-refractivity contribution in [2.75, 3.05) is 7.11 Å². The number of hydrogen-bond acceptors (Lipinski definition) is 4. The van der Waals surface area contributed by atoms with Gasteiger partial charge in [0.05, 0.1) is 25.5 Å². The number of carbonyl (C=O) groups excluding carboxylic acids is 1. The summed E-state index contributed by atoms with van der Waals surface area (Å²) in [5, 5.41) is 0.719. The predicted octanol–water partition coefficient (Wildman–Crippen LogP) is 5.13. The van der Waals surface area contributed by atoms with E-state index in [0.717, 1.165) is 46.9 Å². The number of carbonyl (C=O) groups is 1. The highest BCUT2D eigenvalue weighted by molar-refractivity contribution is 6.31. The summed E-state index contributed by atoms with van der Waals surface area (Å²) in [5.41, 5.74) is 2.89. The molecule has 0 fully saturated rings. The van der Waals surface area contributed by atoms with Gasteiger partial charge in [-0.15, -0.1) is 0 Å². The lowest BCUT2D eigenvalue weighted by atomic mass is 10.1. The Morgan fingerprint density at radius 1 is 1.19 bits per heavy atom. The van der Waals surface area contributed by atoms with E-state index in [9.17, 15) is 4.79 Å². The third kappa shape index (κ3) is 6.28. The topological polar surface area (TPSA) is 56.5 Å². The molecule has 31 heavy (non-hydrogen) atoms. The Morgan fingerprint density at radius 3 is 2.65 bits per heavy atom. The lowest BCUT2D eigenvalue weighted by molar-refractivity contribution is -0.142. The van der Waals surface area contributed by atoms with E-state index in [1.54, 1.807) is 6.21 Å². The van der Waals surface area contributed by atoms with Crippen molar-refractivity contribution in [1.29, 1.82) is 0 Å². The molecular weight excluding hydrogens is 410 g/mol. The molecule has 0 saturated carbocycles. The maximum Gasteiger partial charge on any atom is 0.330 e. The minimum absolute atomic E-state index is 0.358. The van der Waals surface area contributed by atoms with Crippen LogP contribution in [0.2, 0.25) is 5.02 Å². The molecule has 0 aliphatic carbocycles. The first-order valence-corrected chi connectivity index (χ1v) is 10.9. The second-order valence-electron chi connectivity index (χ2n) is 7.39. The van der Waals surface area contributed by atoms with Gasteiger partial charge in [0.1, 0.15) is 5.82 Å². The average Bonchev–Trinajstić information content (AvgIpc) is 3.18. The molecule has 1 heterocycles. The predicted molar refractivity (Wildman–Crippen MR) is 125 cm³/mol. The zero-order chi connectivity index (χ0) is 22.1. The van der Waals surface area contributed by atoms with Crippen LogP contribution in [-0.2, 0) is 28.9 Å². The third-order valence-corrected chi connectivity index (χ3v) is 5.51. The average molecular weight is 438 g/mol. The number of rotatable bonds is 10. The number of methoxy groups -OCH3 is 1. The first-order chi connectivity index (χ1) is 15.1. The van der Waals surface area contributed by atoms with Gasteiger partial charge in [-0.05, 0) is 23.6 Å². The van der Waals surface area contributed by atoms with Crippen LogP contribution < -0.4 is 0 Å². The SMILES string of the molecule is CCCCc1ncc(C=N[C@@H](Cc2ccccc2)C(=O)OC)n1Cc1ccccc1Cl. The van der Waals surface area contributed by atoms with Crippen LogP contribution in [0.25, 0.3) is 0 Å². The molecule has 0 radical (unpaired) electrons. The van der Waals surface area contributed by atoms with E-state index in [0.29, 0.717) is 13.0 Å². The number of hydrogen-bond donors (Lipinski definition) is 0. The van der Waals surface area contributed by atoms with E-state index in [1.807, 2.05) is 60.8 Å². The molecule has 0 saturated heterocycles. The number of halogens is 1. The van der Waals surface area contributed by atoms with Crippen LogP contribution in [0.4, 0.5) is 0 Å². The van der Waals surface area contributed by atoms with E-state index in [-0.39, 0.29) is 5.97 Å². The molecule has 0 aliphatic rings. The van der Waals surface area contributed by atoms with Crippen molar-refractivity contribution in [3.05, 3.63) is 88.5 Å². The zero-order valence-electron chi connectivity index (χ0n) is 18.0. The molecule has 1 atom stereocenters. The van der Waals surface area contributed by atoms with Crippen LogP contribution in [0.1, 0.15) is 42.4 Å². The Labute approximate surface area is 188 Å². The van der Waals surface area contributed by atoms with Crippen molar-refractivity contribution in [1.82, 2.24) is 9.55 Å². The van der Waals surface area contributed by atoms with Gasteiger partial charge in [0.25, 0.3) is 0 Å². The maximum atomic E-state index is 12.3. The number of aryl methyl sites for hydroxylation is 1. The van der Waals surface area contributed by atoms with Crippen molar-refractivity contribution < 1.29 is 9.53 Å². The molecule has 6 heteroatoms. The quantitative estimate of drug-likeness (QED) is 0.326. The summed E-state index contributed by atoms with van der Waals surface area (Å²) in [7, 11) is 1.39. The number of esters is 1. The number of aromatic nitrogens is 2. The first kappa shape index (κ1) is 22.8. The summed E-state index contributed by atoms with van der Waals surface area (Å²) in [6.07, 6.45) is 7.02. The van der Waals surface area contributed by atoms with Crippen molar-refractivity contribution in [2.24, 2.45) is 4.99 Å². The summed E-state index contributed by atoms with van der Waals surface area (Å²) in [5.74, 6) is 0.629. The van der Waals surface area contributed by atoms with Gasteiger partial charge in [-0.2, -0.15) is 0 Å². The van der Waals surface area contributed by atoms with Gasteiger partial charge in [0, 0.05) is 24.1 Å². The zero-order valence-corrected chi connectivity index (χ0v) is 18.8. The molecule has 162 valence electrons. The lowest BCUT2D eigenvalue weighted by Crippen LogP contribution is -2.23. The Morgan fingerprint density at radius 2 is 1.94 bits per heavy atom. The van der Waals surface area contributed by atoms with E-state index >= 15 is 0 Å². The highest BCUT2D eigenvalue weighted by Gasteiger charge is 2.19. The fraction of sp³-hybridized carbons (Fsp3) is 0.320. The number of aliphatic imine (C=N–C) groups is 1. The summed E-state index contributed by atoms with van der Waals surface area (Å²) < 4.78 is 7.10. The van der Waals surface area contributed by atoms with Gasteiger partial charge in [-0.3, -0.25) is 4.99 Å². The van der Waals surface area contributed by atoms with Gasteiger partial charge in [0.2, 0.25) is 0 Å². The summed E-state index contributed by atoms with van der Waals surface area (Å²) in [4.78, 5) is 21.5. The van der Waals surface area contributed by atoms with Gasteiger partial charge in [0.15, 0.2) is 6.04 Å². The Bertz CT molecular complexity index is 1010. The highest BCUT2D eigenvalue weighted by atomic mass is 35.5. The van der Waals surface area contributed by atoms with Crippen molar-refractivity contribution in [3.63, 3.8) is 0 Å². The van der Waals surface area contributed by atoms with Gasteiger partial charge >= 0.3 is 5.97 Å². The standard InChI is InChI=1S/C25H28ClN3O2/c1-3-4-14-24-28-17-21(29(24)18-20-12-8-9-13-22(20)26)16-27-23(25(30)31-2)15-19-10-6-5-7-11-19/h5-13,16-17,23H,3-4,14-15,18H2,1-2H3/t23-/m0/s1. The number of unbranched alkanes of at least 4 members (excludes halogenated alkanes) is 1. The molecule has 3 rings (SSSR count). The number of imidazole rings is 1. The molecule has 0 spiro atoms. The number of benzene rings is 2. The largest absolute Gasteiger partial charge is 0.467 e. The Kier molecular flexibility index (Phi) is 8.42. The summed E-state index contributed by atoms with van der Waals surface area (Å²) in [6, 6.07) is 17.0. The minimum Gasteiger partial charge on any atom is -0.467 e. The van der Waals surface area contributed by atoms with Crippen LogP contribution >= 0.6 is 11.6 Å². The molecule has 0 unspecified atom stereocenters. The maximum absolute atomic E-state index is 12.3. The summed E-state index contributed by atoms with van der Waals surface area (Å²) in [6.45, 7) is 2.76. The smallest absolute Gasteiger partial charge is 0.330 e. The van der Waals surface area contributed by atoms with Crippen LogP contribution in [0.15, 0.2) is 65.8 Å². The van der Waals surface area contributed by atoms with Crippen molar-refractivity contribution in [3.8, 4) is 0 Å². The molecule has 0 amide bonds. The lowest BCUT2D eigenvalue weighted by Gasteiger charge is -2.13. The fourth-order valence-corrected chi connectivity index (χ4v) is 3.58. The van der Waals surface area contributed by atoms with E-state index in [2.05, 4.69) is 21.5 Å². The van der Waals surface area contributed by atoms with Crippen LogP contribution in [0.5, 0.6) is 0 Å². The fourth-order valence-electron chi connectivity index (χ4n) is 3.38. The monoisotopic (exact) mass is 437 g/mol. The Balaban J connectivity index is 1.88. The molecule has 0 aliphatic heterocycles. The molecular formula is C25H28ClN3O2. The first-order valence-electron chi connectivity index (χ1n) is 10.5. The number of nitrogens with zero attached hydrogens (tertiary/aromatic N) is 3.